The molecule has 158 valence electrons. The van der Waals surface area contributed by atoms with Crippen molar-refractivity contribution in [1.29, 1.82) is 0 Å². The minimum atomic E-state index is -0.250. The molecule has 2 aromatic rings. The summed E-state index contributed by atoms with van der Waals surface area (Å²) in [5, 5.41) is 3.86. The zero-order chi connectivity index (χ0) is 21.0. The van der Waals surface area contributed by atoms with E-state index in [1.165, 1.54) is 11.3 Å². The number of nitrogens with zero attached hydrogens (tertiary/aromatic N) is 3. The summed E-state index contributed by atoms with van der Waals surface area (Å²) in [5.41, 5.74) is 0.891. The number of esters is 1. The number of rotatable bonds is 7. The summed E-state index contributed by atoms with van der Waals surface area (Å²) in [6, 6.07) is 0. The van der Waals surface area contributed by atoms with Crippen molar-refractivity contribution in [2.75, 3.05) is 44.4 Å². The van der Waals surface area contributed by atoms with Gasteiger partial charge in [0.1, 0.15) is 16.5 Å². The normalized spacial score (nSPS) is 15.4. The van der Waals surface area contributed by atoms with E-state index in [0.717, 1.165) is 34.7 Å². The van der Waals surface area contributed by atoms with Gasteiger partial charge >= 0.3 is 5.97 Å². The second-order valence-corrected chi connectivity index (χ2v) is 8.13. The molecule has 3 heterocycles. The van der Waals surface area contributed by atoms with Crippen molar-refractivity contribution in [3.8, 4) is 0 Å². The van der Waals surface area contributed by atoms with Gasteiger partial charge in [0.15, 0.2) is 0 Å². The van der Waals surface area contributed by atoms with Crippen molar-refractivity contribution in [1.82, 2.24) is 15.3 Å². The van der Waals surface area contributed by atoms with Crippen LogP contribution >= 0.6 is 11.3 Å². The van der Waals surface area contributed by atoms with Gasteiger partial charge in [-0.05, 0) is 32.8 Å². The summed E-state index contributed by atoms with van der Waals surface area (Å²) < 4.78 is 10.5. The van der Waals surface area contributed by atoms with Crippen LogP contribution in [0.4, 0.5) is 5.82 Å². The molecule has 0 saturated carbocycles. The maximum Gasteiger partial charge on any atom is 0.308 e. The fourth-order valence-corrected chi connectivity index (χ4v) is 4.46. The van der Waals surface area contributed by atoms with E-state index in [-0.39, 0.29) is 17.8 Å². The lowest BCUT2D eigenvalue weighted by molar-refractivity contribution is -0.147. The summed E-state index contributed by atoms with van der Waals surface area (Å²) in [4.78, 5) is 37.4. The minimum absolute atomic E-state index is 0.146. The third-order valence-corrected chi connectivity index (χ3v) is 6.14. The first kappa shape index (κ1) is 21.4. The highest BCUT2D eigenvalue weighted by Crippen LogP contribution is 2.35. The Hall–Kier alpha value is -2.26. The molecule has 0 aromatic carbocycles. The van der Waals surface area contributed by atoms with Gasteiger partial charge in [-0.2, -0.15) is 0 Å². The lowest BCUT2D eigenvalue weighted by Gasteiger charge is -2.28. The standard InChI is InChI=1S/C20H28N4O4S/c1-5-28-20(26)12(2)6-7-21-18(25)16-13(3)15-17(24-8-10-27-11-9-24)22-14(4)23-19(15)29-16/h12H,5-11H2,1-4H3,(H,21,25)/t12-/m0/s1. The number of ether oxygens (including phenoxy) is 2. The van der Waals surface area contributed by atoms with Gasteiger partial charge in [-0.25, -0.2) is 9.97 Å². The van der Waals surface area contributed by atoms with Crippen LogP contribution in [0.2, 0.25) is 0 Å². The average Bonchev–Trinajstić information content (AvgIpc) is 3.04. The van der Waals surface area contributed by atoms with Crippen LogP contribution < -0.4 is 10.2 Å². The lowest BCUT2D eigenvalue weighted by atomic mass is 10.1. The van der Waals surface area contributed by atoms with Crippen LogP contribution in [0, 0.1) is 19.8 Å². The zero-order valence-corrected chi connectivity index (χ0v) is 18.2. The number of thiophene rings is 1. The third kappa shape index (κ3) is 4.84. The van der Waals surface area contributed by atoms with Crippen LogP contribution in [0.1, 0.15) is 41.3 Å². The van der Waals surface area contributed by atoms with Crippen molar-refractivity contribution in [3.63, 3.8) is 0 Å². The van der Waals surface area contributed by atoms with Gasteiger partial charge in [-0.15, -0.1) is 11.3 Å². The number of morpholine rings is 1. The molecule has 0 radical (unpaired) electrons. The van der Waals surface area contributed by atoms with Crippen molar-refractivity contribution in [2.45, 2.75) is 34.1 Å². The van der Waals surface area contributed by atoms with E-state index < -0.39 is 0 Å². The van der Waals surface area contributed by atoms with E-state index in [1.54, 1.807) is 6.92 Å². The molecule has 2 aromatic heterocycles. The van der Waals surface area contributed by atoms with Gasteiger partial charge < -0.3 is 19.7 Å². The predicted octanol–water partition coefficient (Wildman–Crippen LogP) is 2.46. The average molecular weight is 421 g/mol. The maximum atomic E-state index is 12.8. The smallest absolute Gasteiger partial charge is 0.308 e. The van der Waals surface area contributed by atoms with Crippen LogP contribution in [0.25, 0.3) is 10.2 Å². The number of nitrogens with one attached hydrogen (secondary N) is 1. The number of hydrogen-bond acceptors (Lipinski definition) is 8. The summed E-state index contributed by atoms with van der Waals surface area (Å²) in [6.07, 6.45) is 0.534. The minimum Gasteiger partial charge on any atom is -0.466 e. The van der Waals surface area contributed by atoms with Crippen molar-refractivity contribution < 1.29 is 19.1 Å². The van der Waals surface area contributed by atoms with E-state index >= 15 is 0 Å². The van der Waals surface area contributed by atoms with Crippen LogP contribution in [0.5, 0.6) is 0 Å². The van der Waals surface area contributed by atoms with E-state index in [0.29, 0.717) is 43.5 Å². The quantitative estimate of drug-likeness (QED) is 0.688. The molecule has 1 fully saturated rings. The second-order valence-electron chi connectivity index (χ2n) is 7.13. The SMILES string of the molecule is CCOC(=O)[C@@H](C)CCNC(=O)c1sc2nc(C)nc(N3CCOCC3)c2c1C. The second kappa shape index (κ2) is 9.49. The molecule has 0 spiro atoms. The Labute approximate surface area is 174 Å². The fourth-order valence-electron chi connectivity index (χ4n) is 3.33. The third-order valence-electron chi connectivity index (χ3n) is 4.95. The molecule has 1 atom stereocenters. The van der Waals surface area contributed by atoms with Crippen molar-refractivity contribution in [3.05, 3.63) is 16.3 Å². The topological polar surface area (TPSA) is 93.6 Å². The molecule has 1 aliphatic rings. The summed E-state index contributed by atoms with van der Waals surface area (Å²) in [5.74, 6) is 0.933. The summed E-state index contributed by atoms with van der Waals surface area (Å²) in [7, 11) is 0. The molecule has 0 unspecified atom stereocenters. The number of carbonyl (C=O) groups is 2. The Morgan fingerprint density at radius 1 is 1.28 bits per heavy atom. The van der Waals surface area contributed by atoms with Gasteiger partial charge in [0, 0.05) is 19.6 Å². The van der Waals surface area contributed by atoms with Crippen molar-refractivity contribution >= 4 is 39.2 Å². The number of hydrogen-bond donors (Lipinski definition) is 1. The highest BCUT2D eigenvalue weighted by molar-refractivity contribution is 7.20. The Balaban J connectivity index is 1.77. The Morgan fingerprint density at radius 2 is 2.00 bits per heavy atom. The monoisotopic (exact) mass is 420 g/mol. The molecule has 3 rings (SSSR count). The van der Waals surface area contributed by atoms with Crippen LogP contribution in [0.3, 0.4) is 0 Å². The molecule has 0 aliphatic carbocycles. The Bertz CT molecular complexity index is 892. The molecule has 1 aliphatic heterocycles. The number of anilines is 1. The Kier molecular flexibility index (Phi) is 7.02. The first-order valence-corrected chi connectivity index (χ1v) is 10.8. The molecule has 8 nitrogen and oxygen atoms in total. The van der Waals surface area contributed by atoms with E-state index in [2.05, 4.69) is 20.2 Å². The number of aromatic nitrogens is 2. The first-order valence-electron chi connectivity index (χ1n) is 9.97. The number of aryl methyl sites for hydroxylation is 2. The van der Waals surface area contributed by atoms with Crippen LogP contribution in [-0.2, 0) is 14.3 Å². The summed E-state index contributed by atoms with van der Waals surface area (Å²) >= 11 is 1.38. The summed E-state index contributed by atoms with van der Waals surface area (Å²) in [6.45, 7) is 11.1. The van der Waals surface area contributed by atoms with Gasteiger partial charge in [0.05, 0.1) is 36.0 Å². The Morgan fingerprint density at radius 3 is 2.69 bits per heavy atom. The van der Waals surface area contributed by atoms with Gasteiger partial charge in [0.2, 0.25) is 0 Å². The first-order chi connectivity index (χ1) is 13.9. The van der Waals surface area contributed by atoms with E-state index in [9.17, 15) is 9.59 Å². The lowest BCUT2D eigenvalue weighted by Crippen LogP contribution is -2.37. The van der Waals surface area contributed by atoms with Crippen molar-refractivity contribution in [2.24, 2.45) is 5.92 Å². The number of carbonyl (C=O) groups excluding carboxylic acids is 2. The van der Waals surface area contributed by atoms with Crippen LogP contribution in [-0.4, -0.2) is 61.3 Å². The van der Waals surface area contributed by atoms with Gasteiger partial charge in [-0.3, -0.25) is 9.59 Å². The van der Waals surface area contributed by atoms with Crippen LogP contribution in [0.15, 0.2) is 0 Å². The van der Waals surface area contributed by atoms with Gasteiger partial charge in [-0.1, -0.05) is 6.92 Å². The number of amides is 1. The highest BCUT2D eigenvalue weighted by Gasteiger charge is 2.24. The fraction of sp³-hybridized carbons (Fsp3) is 0.600. The van der Waals surface area contributed by atoms with E-state index in [1.807, 2.05) is 20.8 Å². The zero-order valence-electron chi connectivity index (χ0n) is 17.4. The molecule has 1 saturated heterocycles. The predicted molar refractivity (Wildman–Crippen MR) is 113 cm³/mol. The molecule has 9 heteroatoms. The number of fused-ring (bicyclic) bond motifs is 1. The molecular weight excluding hydrogens is 392 g/mol. The highest BCUT2D eigenvalue weighted by atomic mass is 32.1. The van der Waals surface area contributed by atoms with Gasteiger partial charge in [0.25, 0.3) is 5.91 Å². The van der Waals surface area contributed by atoms with E-state index in [4.69, 9.17) is 9.47 Å². The molecular formula is C20H28N4O4S. The molecule has 1 amide bonds. The maximum absolute atomic E-state index is 12.8. The molecule has 1 N–H and O–H groups in total. The molecule has 29 heavy (non-hydrogen) atoms. The largest absolute Gasteiger partial charge is 0.466 e. The molecule has 0 bridgehead atoms.